The summed E-state index contributed by atoms with van der Waals surface area (Å²) in [6.07, 6.45) is 24.0. The zero-order valence-corrected chi connectivity index (χ0v) is 25.9. The number of fused-ring (bicyclic) bond motifs is 3. The van der Waals surface area contributed by atoms with Crippen molar-refractivity contribution in [1.29, 1.82) is 0 Å². The van der Waals surface area contributed by atoms with Crippen LogP contribution in [0.25, 0.3) is 0 Å². The molecular weight excluding hydrogens is 532 g/mol. The smallest absolute Gasteiger partial charge is 0.307 e. The van der Waals surface area contributed by atoms with Gasteiger partial charge in [0.2, 0.25) is 0 Å². The Morgan fingerprint density at radius 3 is 2.35 bits per heavy atom. The van der Waals surface area contributed by atoms with Crippen LogP contribution in [0.15, 0.2) is 72.3 Å². The van der Waals surface area contributed by atoms with Gasteiger partial charge in [-0.05, 0) is 110 Å². The Bertz CT molecular complexity index is 1240. The second-order valence-electron chi connectivity index (χ2n) is 13.7. The van der Waals surface area contributed by atoms with E-state index in [0.29, 0.717) is 29.9 Å². The molecule has 5 rings (SSSR count). The predicted octanol–water partition coefficient (Wildman–Crippen LogP) is 9.26. The van der Waals surface area contributed by atoms with Crippen molar-refractivity contribution >= 4 is 5.97 Å². The number of carbonyl (C=O) groups is 1. The lowest BCUT2D eigenvalue weighted by molar-refractivity contribution is -0.145. The van der Waals surface area contributed by atoms with Crippen molar-refractivity contribution in [2.75, 3.05) is 6.61 Å². The minimum absolute atomic E-state index is 0.219. The first-order chi connectivity index (χ1) is 21.0. The number of phenols is 1. The zero-order chi connectivity index (χ0) is 30.1. The van der Waals surface area contributed by atoms with Gasteiger partial charge in [0.25, 0.3) is 0 Å². The van der Waals surface area contributed by atoms with E-state index in [4.69, 9.17) is 0 Å². The number of benzene rings is 2. The highest BCUT2D eigenvalue weighted by Gasteiger charge is 2.44. The van der Waals surface area contributed by atoms with E-state index in [1.165, 1.54) is 67.2 Å². The Hall–Kier alpha value is -2.85. The summed E-state index contributed by atoms with van der Waals surface area (Å²) >= 11 is 0. The molecule has 0 amide bonds. The van der Waals surface area contributed by atoms with Gasteiger partial charge in [0.15, 0.2) is 0 Å². The summed E-state index contributed by atoms with van der Waals surface area (Å²) in [6, 6.07) is 16.8. The van der Waals surface area contributed by atoms with Gasteiger partial charge >= 0.3 is 5.97 Å². The average Bonchev–Trinajstić information content (AvgIpc) is 3.49. The van der Waals surface area contributed by atoms with Gasteiger partial charge in [0.1, 0.15) is 5.75 Å². The average molecular weight is 585 g/mol. The molecule has 4 nitrogen and oxygen atoms in total. The Balaban J connectivity index is 1.34. The van der Waals surface area contributed by atoms with E-state index in [0.717, 1.165) is 51.4 Å². The summed E-state index contributed by atoms with van der Waals surface area (Å²) in [6.45, 7) is 0.219. The van der Waals surface area contributed by atoms with Crippen LogP contribution in [0.4, 0.5) is 0 Å². The van der Waals surface area contributed by atoms with Crippen molar-refractivity contribution in [2.24, 2.45) is 17.8 Å². The summed E-state index contributed by atoms with van der Waals surface area (Å²) in [7, 11) is 0. The van der Waals surface area contributed by atoms with E-state index >= 15 is 0 Å². The van der Waals surface area contributed by atoms with E-state index in [1.54, 1.807) is 0 Å². The minimum Gasteiger partial charge on any atom is -0.508 e. The number of hydrogen-bond donors (Lipinski definition) is 3. The number of carboxylic acid groups (broad SMARTS) is 1. The van der Waals surface area contributed by atoms with E-state index in [-0.39, 0.29) is 12.0 Å². The number of aliphatic hydroxyl groups is 1. The molecule has 4 atom stereocenters. The molecule has 2 bridgehead atoms. The largest absolute Gasteiger partial charge is 0.508 e. The number of aliphatic hydroxyl groups excluding tert-OH is 1. The Kier molecular flexibility index (Phi) is 11.2. The topological polar surface area (TPSA) is 77.8 Å². The van der Waals surface area contributed by atoms with Crippen molar-refractivity contribution in [1.82, 2.24) is 0 Å². The van der Waals surface area contributed by atoms with E-state index in [9.17, 15) is 20.1 Å². The van der Waals surface area contributed by atoms with E-state index < -0.39 is 11.9 Å². The van der Waals surface area contributed by atoms with Gasteiger partial charge in [-0.15, -0.1) is 0 Å². The maximum Gasteiger partial charge on any atom is 0.307 e. The van der Waals surface area contributed by atoms with Gasteiger partial charge in [-0.3, -0.25) is 4.79 Å². The highest BCUT2D eigenvalue weighted by Crippen LogP contribution is 2.48. The molecule has 0 aliphatic heterocycles. The summed E-state index contributed by atoms with van der Waals surface area (Å²) < 4.78 is 0. The Morgan fingerprint density at radius 2 is 1.63 bits per heavy atom. The monoisotopic (exact) mass is 584 g/mol. The summed E-state index contributed by atoms with van der Waals surface area (Å²) in [5, 5.41) is 29.9. The van der Waals surface area contributed by atoms with Gasteiger partial charge in [-0.25, -0.2) is 0 Å². The molecular formula is C39H52O4. The molecule has 0 aromatic heterocycles. The van der Waals surface area contributed by atoms with Gasteiger partial charge in [-0.2, -0.15) is 0 Å². The van der Waals surface area contributed by atoms with Crippen LogP contribution in [0, 0.1) is 17.8 Å². The molecule has 4 unspecified atom stereocenters. The SMILES string of the molecule is O=C(O)C1CC=CCC(CCCCCCC2C=C(CO)CC2)C(c2ccc(O)cc2)Cc2cccc(c2)C12CCCCC2. The number of unbranched alkanes of at least 4 members (excludes halogenated alkanes) is 3. The first-order valence-corrected chi connectivity index (χ1v) is 17.0. The fourth-order valence-electron chi connectivity index (χ4n) is 8.51. The lowest BCUT2D eigenvalue weighted by atomic mass is 9.60. The number of rotatable bonds is 10. The molecule has 2 aromatic rings. The first-order valence-electron chi connectivity index (χ1n) is 17.0. The Labute approximate surface area is 258 Å². The van der Waals surface area contributed by atoms with Crippen molar-refractivity contribution in [2.45, 2.75) is 114 Å². The van der Waals surface area contributed by atoms with Crippen LogP contribution in [0.5, 0.6) is 5.75 Å². The summed E-state index contributed by atoms with van der Waals surface area (Å²) in [4.78, 5) is 12.7. The molecule has 4 heteroatoms. The second-order valence-corrected chi connectivity index (χ2v) is 13.7. The maximum absolute atomic E-state index is 12.7. The van der Waals surface area contributed by atoms with Crippen molar-refractivity contribution < 1.29 is 20.1 Å². The number of hydrogen-bond acceptors (Lipinski definition) is 3. The molecule has 3 N–H and O–H groups in total. The number of phenolic OH excluding ortho intramolecular Hbond substituents is 1. The van der Waals surface area contributed by atoms with Crippen LogP contribution in [-0.4, -0.2) is 27.9 Å². The second kappa shape index (κ2) is 15.2. The van der Waals surface area contributed by atoms with Crippen LogP contribution >= 0.6 is 0 Å². The quantitative estimate of drug-likeness (QED) is 0.192. The van der Waals surface area contributed by atoms with E-state index in [1.807, 2.05) is 12.1 Å². The third-order valence-corrected chi connectivity index (χ3v) is 10.9. The van der Waals surface area contributed by atoms with Crippen LogP contribution < -0.4 is 0 Å². The Morgan fingerprint density at radius 1 is 0.884 bits per heavy atom. The third-order valence-electron chi connectivity index (χ3n) is 10.9. The molecule has 0 saturated heterocycles. The highest BCUT2D eigenvalue weighted by molar-refractivity contribution is 5.73. The summed E-state index contributed by atoms with van der Waals surface area (Å²) in [5.74, 6) is 0.674. The standard InChI is InChI=1S/C39H52O4/c40-28-31-18-17-29(25-31)11-4-1-2-5-13-32-14-6-7-16-37(38(42)43)39(23-8-3-9-24-39)34-15-10-12-30(26-34)27-36(32)33-19-21-35(41)22-20-33/h6-7,10,12,15,19-22,25-26,29,32,36-37,40-41H,1-5,8-9,11,13-14,16-18,23-24,27-28H2,(H,42,43). The van der Waals surface area contributed by atoms with Crippen LogP contribution in [0.2, 0.25) is 0 Å². The lowest BCUT2D eigenvalue weighted by Crippen LogP contribution is -2.41. The molecule has 2 aromatic carbocycles. The number of aromatic hydroxyl groups is 1. The lowest BCUT2D eigenvalue weighted by Gasteiger charge is -2.42. The van der Waals surface area contributed by atoms with Crippen LogP contribution in [-0.2, 0) is 16.6 Å². The van der Waals surface area contributed by atoms with Gasteiger partial charge < -0.3 is 15.3 Å². The van der Waals surface area contributed by atoms with Crippen molar-refractivity contribution in [3.05, 3.63) is 89.0 Å². The molecule has 1 spiro atoms. The van der Waals surface area contributed by atoms with Crippen molar-refractivity contribution in [3.8, 4) is 5.75 Å². The van der Waals surface area contributed by atoms with Gasteiger partial charge in [0, 0.05) is 5.41 Å². The number of aliphatic carboxylic acids is 1. The maximum atomic E-state index is 12.7. The van der Waals surface area contributed by atoms with Gasteiger partial charge in [0.05, 0.1) is 12.5 Å². The normalized spacial score (nSPS) is 25.6. The first kappa shape index (κ1) is 31.6. The molecule has 0 heterocycles. The van der Waals surface area contributed by atoms with Crippen molar-refractivity contribution in [3.63, 3.8) is 0 Å². The fraction of sp³-hybridized carbons (Fsp3) is 0.564. The summed E-state index contributed by atoms with van der Waals surface area (Å²) in [5.41, 5.74) is 4.71. The number of carboxylic acids is 1. The molecule has 3 aliphatic carbocycles. The molecule has 1 fully saturated rings. The minimum atomic E-state index is -0.659. The molecule has 0 radical (unpaired) electrons. The van der Waals surface area contributed by atoms with Gasteiger partial charge in [-0.1, -0.05) is 99.6 Å². The molecule has 1 saturated carbocycles. The van der Waals surface area contributed by atoms with Crippen LogP contribution in [0.3, 0.4) is 0 Å². The molecule has 3 aliphatic rings. The van der Waals surface area contributed by atoms with E-state index in [2.05, 4.69) is 54.6 Å². The zero-order valence-electron chi connectivity index (χ0n) is 25.9. The highest BCUT2D eigenvalue weighted by atomic mass is 16.4. The predicted molar refractivity (Wildman–Crippen MR) is 174 cm³/mol. The van der Waals surface area contributed by atoms with Crippen LogP contribution in [0.1, 0.15) is 119 Å². The number of allylic oxidation sites excluding steroid dienone is 3. The molecule has 232 valence electrons. The third kappa shape index (κ3) is 8.01. The molecule has 43 heavy (non-hydrogen) atoms. The fourth-order valence-corrected chi connectivity index (χ4v) is 8.51.